The molecule has 2 rings (SSSR count). The minimum atomic E-state index is -3.80. The first-order chi connectivity index (χ1) is 9.70. The van der Waals surface area contributed by atoms with E-state index in [2.05, 4.69) is 4.72 Å². The van der Waals surface area contributed by atoms with Gasteiger partial charge in [0.1, 0.15) is 0 Å². The van der Waals surface area contributed by atoms with E-state index in [9.17, 15) is 8.42 Å². The van der Waals surface area contributed by atoms with Crippen molar-refractivity contribution in [2.75, 3.05) is 10.5 Å². The van der Waals surface area contributed by atoms with E-state index in [4.69, 9.17) is 40.5 Å². The molecular weight excluding hydrogens is 355 g/mol. The van der Waals surface area contributed by atoms with Crippen molar-refractivity contribution in [1.29, 1.82) is 0 Å². The van der Waals surface area contributed by atoms with Gasteiger partial charge in [0.25, 0.3) is 10.0 Å². The topological polar surface area (TPSA) is 72.2 Å². The molecule has 0 saturated heterocycles. The summed E-state index contributed by atoms with van der Waals surface area (Å²) in [5.41, 5.74) is 6.64. The second-order valence-corrected chi connectivity index (χ2v) is 7.25. The summed E-state index contributed by atoms with van der Waals surface area (Å²) < 4.78 is 27.2. The predicted octanol–water partition coefficient (Wildman–Crippen LogP) is 4.34. The Bertz CT molecular complexity index is 807. The molecule has 2 aromatic rings. The number of hydrogen-bond acceptors (Lipinski definition) is 3. The molecule has 3 N–H and O–H groups in total. The molecule has 0 aliphatic heterocycles. The highest BCUT2D eigenvalue weighted by atomic mass is 35.5. The van der Waals surface area contributed by atoms with Gasteiger partial charge in [-0.05, 0) is 42.8 Å². The van der Waals surface area contributed by atoms with E-state index in [1.807, 2.05) is 0 Å². The third kappa shape index (κ3) is 3.55. The molecule has 0 atom stereocenters. The third-order valence-corrected chi connectivity index (χ3v) is 5.35. The number of halogens is 3. The number of rotatable bonds is 3. The lowest BCUT2D eigenvalue weighted by molar-refractivity contribution is 0.600. The van der Waals surface area contributed by atoms with Crippen LogP contribution < -0.4 is 10.5 Å². The Balaban J connectivity index is 2.43. The number of sulfonamides is 1. The van der Waals surface area contributed by atoms with Crippen LogP contribution in [0.2, 0.25) is 15.1 Å². The summed E-state index contributed by atoms with van der Waals surface area (Å²) in [6.07, 6.45) is 0. The van der Waals surface area contributed by atoms with Crippen LogP contribution in [0.5, 0.6) is 0 Å². The lowest BCUT2D eigenvalue weighted by Gasteiger charge is -2.12. The molecule has 0 spiro atoms. The smallest absolute Gasteiger partial charge is 0.262 e. The molecule has 8 heteroatoms. The predicted molar refractivity (Wildman–Crippen MR) is 87.9 cm³/mol. The second-order valence-electron chi connectivity index (χ2n) is 4.37. The molecule has 0 saturated carbocycles. The van der Waals surface area contributed by atoms with Gasteiger partial charge in [-0.1, -0.05) is 34.8 Å². The van der Waals surface area contributed by atoms with E-state index in [1.165, 1.54) is 30.3 Å². The molecule has 0 heterocycles. The number of hydrogen-bond donors (Lipinski definition) is 2. The van der Waals surface area contributed by atoms with Crippen molar-refractivity contribution in [2.24, 2.45) is 0 Å². The summed E-state index contributed by atoms with van der Waals surface area (Å²) in [5.74, 6) is 0. The molecule has 0 aliphatic carbocycles. The highest BCUT2D eigenvalue weighted by Gasteiger charge is 2.19. The zero-order chi connectivity index (χ0) is 15.8. The number of benzene rings is 2. The maximum atomic E-state index is 12.4. The maximum absolute atomic E-state index is 12.4. The van der Waals surface area contributed by atoms with Gasteiger partial charge in [0, 0.05) is 0 Å². The van der Waals surface area contributed by atoms with Crippen molar-refractivity contribution in [3.8, 4) is 0 Å². The number of aryl methyl sites for hydroxylation is 1. The normalized spacial score (nSPS) is 11.4. The van der Waals surface area contributed by atoms with Crippen molar-refractivity contribution >= 4 is 56.2 Å². The van der Waals surface area contributed by atoms with Gasteiger partial charge in [0.2, 0.25) is 0 Å². The molecule has 0 radical (unpaired) electrons. The molecule has 0 bridgehead atoms. The fourth-order valence-corrected chi connectivity index (χ4v) is 3.56. The standard InChI is InChI=1S/C13H11Cl3N2O2S/c1-7-4-11(16)12(17)6-13(7)21(19,20)18-8-2-3-9(14)10(15)5-8/h2-6,18H,17H2,1H3. The van der Waals surface area contributed by atoms with Gasteiger partial charge >= 0.3 is 0 Å². The third-order valence-electron chi connectivity index (χ3n) is 2.76. The Kier molecular flexibility index (Phi) is 4.58. The van der Waals surface area contributed by atoms with Crippen LogP contribution in [0, 0.1) is 6.92 Å². The Morgan fingerprint density at radius 1 is 1.00 bits per heavy atom. The van der Waals surface area contributed by atoms with Crippen LogP contribution in [0.4, 0.5) is 11.4 Å². The van der Waals surface area contributed by atoms with Gasteiger partial charge in [-0.25, -0.2) is 8.42 Å². The van der Waals surface area contributed by atoms with Crippen molar-refractivity contribution < 1.29 is 8.42 Å². The molecule has 0 amide bonds. The highest BCUT2D eigenvalue weighted by Crippen LogP contribution is 2.29. The summed E-state index contributed by atoms with van der Waals surface area (Å²) in [7, 11) is -3.80. The number of nitrogen functional groups attached to an aromatic ring is 1. The molecule has 0 aliphatic rings. The largest absolute Gasteiger partial charge is 0.397 e. The first kappa shape index (κ1) is 16.2. The van der Waals surface area contributed by atoms with Gasteiger partial charge < -0.3 is 5.73 Å². The molecule has 4 nitrogen and oxygen atoms in total. The summed E-state index contributed by atoms with van der Waals surface area (Å²) in [6, 6.07) is 7.26. The first-order valence-corrected chi connectivity index (χ1v) is 8.36. The summed E-state index contributed by atoms with van der Waals surface area (Å²) in [6.45, 7) is 1.63. The summed E-state index contributed by atoms with van der Waals surface area (Å²) in [5, 5.41) is 0.900. The van der Waals surface area contributed by atoms with Crippen LogP contribution in [0.3, 0.4) is 0 Å². The highest BCUT2D eigenvalue weighted by molar-refractivity contribution is 7.92. The van der Waals surface area contributed by atoms with Crippen molar-refractivity contribution in [3.05, 3.63) is 51.0 Å². The van der Waals surface area contributed by atoms with Crippen LogP contribution in [-0.2, 0) is 10.0 Å². The van der Waals surface area contributed by atoms with Crippen LogP contribution in [-0.4, -0.2) is 8.42 Å². The van der Waals surface area contributed by atoms with E-state index in [-0.39, 0.29) is 15.6 Å². The van der Waals surface area contributed by atoms with Crippen molar-refractivity contribution in [1.82, 2.24) is 0 Å². The maximum Gasteiger partial charge on any atom is 0.262 e. The van der Waals surface area contributed by atoms with Gasteiger partial charge in [0.05, 0.1) is 31.3 Å². The SMILES string of the molecule is Cc1cc(Cl)c(N)cc1S(=O)(=O)Nc1ccc(Cl)c(Cl)c1. The van der Waals surface area contributed by atoms with Crippen LogP contribution in [0.25, 0.3) is 0 Å². The quantitative estimate of drug-likeness (QED) is 0.795. The zero-order valence-corrected chi connectivity index (χ0v) is 13.9. The van der Waals surface area contributed by atoms with Gasteiger partial charge in [-0.2, -0.15) is 0 Å². The fourth-order valence-electron chi connectivity index (χ4n) is 1.73. The Morgan fingerprint density at radius 2 is 1.67 bits per heavy atom. The molecule has 0 aromatic heterocycles. The molecule has 2 aromatic carbocycles. The second kappa shape index (κ2) is 5.93. The van der Waals surface area contributed by atoms with E-state index in [0.717, 1.165) is 0 Å². The average Bonchev–Trinajstić information content (AvgIpc) is 2.37. The minimum Gasteiger partial charge on any atom is -0.397 e. The number of anilines is 2. The first-order valence-electron chi connectivity index (χ1n) is 5.74. The van der Waals surface area contributed by atoms with Gasteiger partial charge in [0.15, 0.2) is 0 Å². The Hall–Kier alpha value is -1.14. The van der Waals surface area contributed by atoms with E-state index >= 15 is 0 Å². The van der Waals surface area contributed by atoms with Crippen LogP contribution >= 0.6 is 34.8 Å². The zero-order valence-electron chi connectivity index (χ0n) is 10.8. The van der Waals surface area contributed by atoms with Gasteiger partial charge in [-0.3, -0.25) is 4.72 Å². The molecule has 21 heavy (non-hydrogen) atoms. The van der Waals surface area contributed by atoms with Crippen molar-refractivity contribution in [3.63, 3.8) is 0 Å². The summed E-state index contributed by atoms with van der Waals surface area (Å²) >= 11 is 17.5. The molecule has 0 fully saturated rings. The lowest BCUT2D eigenvalue weighted by atomic mass is 10.2. The van der Waals surface area contributed by atoms with Crippen molar-refractivity contribution in [2.45, 2.75) is 11.8 Å². The molecular formula is C13H11Cl3N2O2S. The Labute approximate surface area is 137 Å². The van der Waals surface area contributed by atoms with Crippen LogP contribution in [0.15, 0.2) is 35.2 Å². The fraction of sp³-hybridized carbons (Fsp3) is 0.0769. The monoisotopic (exact) mass is 364 g/mol. The van der Waals surface area contributed by atoms with E-state index in [0.29, 0.717) is 21.3 Å². The average molecular weight is 366 g/mol. The van der Waals surface area contributed by atoms with Crippen LogP contribution in [0.1, 0.15) is 5.56 Å². The molecule has 112 valence electrons. The lowest BCUT2D eigenvalue weighted by Crippen LogP contribution is -2.14. The number of nitrogens with two attached hydrogens (primary N) is 1. The van der Waals surface area contributed by atoms with Gasteiger partial charge in [-0.15, -0.1) is 0 Å². The molecule has 0 unspecified atom stereocenters. The Morgan fingerprint density at radius 3 is 2.29 bits per heavy atom. The van der Waals surface area contributed by atoms with E-state index in [1.54, 1.807) is 6.92 Å². The number of nitrogens with one attached hydrogen (secondary N) is 1. The minimum absolute atomic E-state index is 0.0514. The summed E-state index contributed by atoms with van der Waals surface area (Å²) in [4.78, 5) is 0.0514. The van der Waals surface area contributed by atoms with E-state index < -0.39 is 10.0 Å².